The summed E-state index contributed by atoms with van der Waals surface area (Å²) in [6, 6.07) is 26.9. The number of nitrogens with zero attached hydrogens (tertiary/aromatic N) is 2. The third-order valence-corrected chi connectivity index (χ3v) is 15.7. The van der Waals surface area contributed by atoms with E-state index >= 15 is 0 Å². The van der Waals surface area contributed by atoms with E-state index in [0.29, 0.717) is 25.9 Å². The van der Waals surface area contributed by atoms with Crippen LogP contribution in [0.25, 0.3) is 33.4 Å². The van der Waals surface area contributed by atoms with Crippen LogP contribution in [-0.4, -0.2) is 24.9 Å². The van der Waals surface area contributed by atoms with Gasteiger partial charge in [-0.3, -0.25) is 9.59 Å². The molecular formula is C58H74N2O2. The lowest BCUT2D eigenvalue weighted by atomic mass is 9.48. The standard InChI is InChI=1S/C58H74N2O2/c1-54(2,3)42-22-39(23-43(28-42)55(4,5)6)49-30-46(58-33-36-19-37(34-58)21-38(20-36)35-58)31-50(40-24-44(56(7,8)9)29-45(25-40)57(10,11)12)53(49)41-26-47(59-17-13-15-51(59)61)32-48(27-41)60-18-14-16-52(60)62/h22-32,36-38H,13-21,33-35H2,1-12H3. The van der Waals surface area contributed by atoms with Gasteiger partial charge in [-0.2, -0.15) is 0 Å². The van der Waals surface area contributed by atoms with Gasteiger partial charge in [-0.25, -0.2) is 0 Å². The molecule has 0 N–H and O–H groups in total. The molecule has 2 heterocycles. The summed E-state index contributed by atoms with van der Waals surface area (Å²) in [4.78, 5) is 31.2. The van der Waals surface area contributed by atoms with Gasteiger partial charge >= 0.3 is 0 Å². The molecule has 2 saturated heterocycles. The highest BCUT2D eigenvalue weighted by Gasteiger charge is 2.52. The zero-order valence-corrected chi connectivity index (χ0v) is 40.3. The molecule has 6 aliphatic rings. The van der Waals surface area contributed by atoms with Crippen LogP contribution >= 0.6 is 0 Å². The lowest BCUT2D eigenvalue weighted by Gasteiger charge is -2.57. The van der Waals surface area contributed by atoms with Gasteiger partial charge in [-0.1, -0.05) is 119 Å². The highest BCUT2D eigenvalue weighted by atomic mass is 16.2. The summed E-state index contributed by atoms with van der Waals surface area (Å²) in [6.45, 7) is 29.6. The second-order valence-corrected chi connectivity index (χ2v) is 24.8. The van der Waals surface area contributed by atoms with E-state index in [0.717, 1.165) is 47.5 Å². The Kier molecular flexibility index (Phi) is 10.4. The summed E-state index contributed by atoms with van der Waals surface area (Å²) in [7, 11) is 0. The summed E-state index contributed by atoms with van der Waals surface area (Å²) < 4.78 is 0. The van der Waals surface area contributed by atoms with Crippen molar-refractivity contribution in [2.45, 2.75) is 174 Å². The van der Waals surface area contributed by atoms with E-state index in [1.54, 1.807) is 0 Å². The molecular weight excluding hydrogens is 757 g/mol. The second kappa shape index (κ2) is 15.0. The minimum atomic E-state index is -0.0570. The molecule has 2 amide bonds. The largest absolute Gasteiger partial charge is 0.312 e. The van der Waals surface area contributed by atoms with Crippen LogP contribution in [0, 0.1) is 17.8 Å². The maximum atomic E-state index is 13.6. The van der Waals surface area contributed by atoms with Crippen LogP contribution in [-0.2, 0) is 36.7 Å². The fraction of sp³-hybridized carbons (Fsp3) is 0.552. The number of hydrogen-bond donors (Lipinski definition) is 0. The molecule has 4 aromatic carbocycles. The molecule has 0 atom stereocenters. The van der Waals surface area contributed by atoms with Crippen LogP contribution in [0.15, 0.2) is 66.7 Å². The van der Waals surface area contributed by atoms with Gasteiger partial charge in [0.05, 0.1) is 0 Å². The van der Waals surface area contributed by atoms with Gasteiger partial charge in [0, 0.05) is 37.3 Å². The first-order valence-corrected chi connectivity index (χ1v) is 24.2. The SMILES string of the molecule is CC(C)(C)c1cc(-c2cc(C34CC5CC(CC(C5)C3)C4)cc(-c3cc(C(C)(C)C)cc(C(C)(C)C)c3)c2-c2cc(N3CCCC3=O)cc(N3CCCC3=O)c2)cc(C(C)(C)C)c1. The van der Waals surface area contributed by atoms with Gasteiger partial charge in [-0.05, 0) is 188 Å². The van der Waals surface area contributed by atoms with Crippen molar-refractivity contribution in [1.82, 2.24) is 0 Å². The summed E-state index contributed by atoms with van der Waals surface area (Å²) in [5, 5.41) is 0. The summed E-state index contributed by atoms with van der Waals surface area (Å²) in [5.41, 5.74) is 16.0. The maximum Gasteiger partial charge on any atom is 0.227 e. The average molecular weight is 831 g/mol. The van der Waals surface area contributed by atoms with E-state index in [-0.39, 0.29) is 38.9 Å². The number of rotatable bonds is 6. The van der Waals surface area contributed by atoms with Crippen molar-refractivity contribution in [3.05, 3.63) is 94.5 Å². The zero-order valence-electron chi connectivity index (χ0n) is 40.3. The Labute approximate surface area is 374 Å². The summed E-state index contributed by atoms with van der Waals surface area (Å²) >= 11 is 0. The predicted octanol–water partition coefficient (Wildman–Crippen LogP) is 14.6. The van der Waals surface area contributed by atoms with Gasteiger partial charge in [-0.15, -0.1) is 0 Å². The van der Waals surface area contributed by atoms with Crippen molar-refractivity contribution in [3.8, 4) is 33.4 Å². The molecule has 4 aromatic rings. The normalized spacial score (nSPS) is 24.2. The quantitative estimate of drug-likeness (QED) is 0.194. The number of hydrogen-bond acceptors (Lipinski definition) is 2. The number of carbonyl (C=O) groups excluding carboxylic acids is 2. The third-order valence-electron chi connectivity index (χ3n) is 15.7. The van der Waals surface area contributed by atoms with Crippen molar-refractivity contribution in [1.29, 1.82) is 0 Å². The number of benzene rings is 4. The van der Waals surface area contributed by atoms with E-state index in [1.807, 2.05) is 9.80 Å². The summed E-state index contributed by atoms with van der Waals surface area (Å²) in [6.07, 6.45) is 10.9. The molecule has 4 bridgehead atoms. The lowest BCUT2D eigenvalue weighted by molar-refractivity contribution is -0.117. The van der Waals surface area contributed by atoms with Crippen LogP contribution in [0.3, 0.4) is 0 Å². The first kappa shape index (κ1) is 43.1. The molecule has 4 saturated carbocycles. The third kappa shape index (κ3) is 8.00. The Morgan fingerprint density at radius 1 is 0.452 bits per heavy atom. The topological polar surface area (TPSA) is 40.6 Å². The van der Waals surface area contributed by atoms with Crippen LogP contribution < -0.4 is 9.80 Å². The first-order chi connectivity index (χ1) is 28.9. The first-order valence-electron chi connectivity index (χ1n) is 24.2. The van der Waals surface area contributed by atoms with Crippen LogP contribution in [0.1, 0.15) is 175 Å². The smallest absolute Gasteiger partial charge is 0.227 e. The molecule has 4 heteroatoms. The summed E-state index contributed by atoms with van der Waals surface area (Å²) in [5.74, 6) is 2.78. The minimum Gasteiger partial charge on any atom is -0.312 e. The van der Waals surface area contributed by atoms with Crippen LogP contribution in [0.4, 0.5) is 11.4 Å². The van der Waals surface area contributed by atoms with E-state index < -0.39 is 0 Å². The van der Waals surface area contributed by atoms with E-state index in [1.165, 1.54) is 94.2 Å². The van der Waals surface area contributed by atoms with Gasteiger partial charge < -0.3 is 9.80 Å². The van der Waals surface area contributed by atoms with Crippen molar-refractivity contribution in [2.75, 3.05) is 22.9 Å². The fourth-order valence-corrected chi connectivity index (χ4v) is 12.4. The van der Waals surface area contributed by atoms with Gasteiger partial charge in [0.25, 0.3) is 0 Å². The zero-order chi connectivity index (χ0) is 44.3. The Morgan fingerprint density at radius 3 is 1.11 bits per heavy atom. The molecule has 0 aromatic heterocycles. The highest BCUT2D eigenvalue weighted by molar-refractivity contribution is 6.03. The van der Waals surface area contributed by atoms with Gasteiger partial charge in [0.1, 0.15) is 0 Å². The molecule has 4 aliphatic carbocycles. The molecule has 10 rings (SSSR count). The molecule has 2 aliphatic heterocycles. The fourth-order valence-electron chi connectivity index (χ4n) is 12.4. The van der Waals surface area contributed by atoms with Gasteiger partial charge in [0.2, 0.25) is 11.8 Å². The van der Waals surface area contributed by atoms with Crippen LogP contribution in [0.5, 0.6) is 0 Å². The van der Waals surface area contributed by atoms with Crippen molar-refractivity contribution in [3.63, 3.8) is 0 Å². The molecule has 0 spiro atoms. The number of carbonyl (C=O) groups is 2. The monoisotopic (exact) mass is 831 g/mol. The van der Waals surface area contributed by atoms with E-state index in [4.69, 9.17) is 0 Å². The van der Waals surface area contributed by atoms with Gasteiger partial charge in [0.15, 0.2) is 0 Å². The molecule has 4 nitrogen and oxygen atoms in total. The highest BCUT2D eigenvalue weighted by Crippen LogP contribution is 2.62. The molecule has 0 radical (unpaired) electrons. The lowest BCUT2D eigenvalue weighted by Crippen LogP contribution is -2.48. The Balaban J connectivity index is 1.43. The maximum absolute atomic E-state index is 13.6. The Morgan fingerprint density at radius 2 is 0.806 bits per heavy atom. The van der Waals surface area contributed by atoms with Crippen molar-refractivity contribution >= 4 is 23.2 Å². The molecule has 0 unspecified atom stereocenters. The predicted molar refractivity (Wildman–Crippen MR) is 261 cm³/mol. The van der Waals surface area contributed by atoms with E-state index in [2.05, 4.69) is 150 Å². The average Bonchev–Trinajstić information content (AvgIpc) is 3.82. The molecule has 62 heavy (non-hydrogen) atoms. The van der Waals surface area contributed by atoms with Crippen molar-refractivity contribution in [2.24, 2.45) is 17.8 Å². The minimum absolute atomic E-state index is 0.0570. The Bertz CT molecular complexity index is 2200. The number of anilines is 2. The molecule has 6 fully saturated rings. The molecule has 328 valence electrons. The van der Waals surface area contributed by atoms with Crippen molar-refractivity contribution < 1.29 is 9.59 Å². The van der Waals surface area contributed by atoms with E-state index in [9.17, 15) is 9.59 Å². The second-order valence-electron chi connectivity index (χ2n) is 24.8. The van der Waals surface area contributed by atoms with Crippen LogP contribution in [0.2, 0.25) is 0 Å². The number of amides is 2. The Hall–Kier alpha value is -4.18.